The van der Waals surface area contributed by atoms with Crippen LogP contribution in [0.1, 0.15) is 12.0 Å². The van der Waals surface area contributed by atoms with E-state index in [4.69, 9.17) is 9.47 Å². The Kier molecular flexibility index (Phi) is 3.96. The van der Waals surface area contributed by atoms with E-state index in [9.17, 15) is 14.7 Å². The number of aliphatic hydroxyl groups is 1. The molecule has 0 bridgehead atoms. The van der Waals surface area contributed by atoms with Gasteiger partial charge >= 0.3 is 11.9 Å². The number of amidine groups is 1. The third-order valence-corrected chi connectivity index (χ3v) is 5.70. The molecule has 0 amide bonds. The molecule has 0 saturated heterocycles. The fraction of sp³-hybridized carbons (Fsp3) is 0.421. The first-order valence-corrected chi connectivity index (χ1v) is 8.68. The number of ether oxygens (including phenoxy) is 2. The topological polar surface area (TPSA) is 100 Å². The van der Waals surface area contributed by atoms with Crippen LogP contribution in [0, 0.1) is 0 Å². The number of nitrogens with one attached hydrogen (secondary N) is 1. The maximum Gasteiger partial charge on any atom is 0.355 e. The minimum atomic E-state index is -0.667. The number of fused-ring (bicyclic) bond motifs is 1. The fourth-order valence-electron chi connectivity index (χ4n) is 4.66. The van der Waals surface area contributed by atoms with Gasteiger partial charge in [0.15, 0.2) is 0 Å². The highest BCUT2D eigenvalue weighted by molar-refractivity contribution is 6.13. The van der Waals surface area contributed by atoms with Crippen molar-refractivity contribution in [2.24, 2.45) is 4.99 Å². The molecule has 2 N–H and O–H groups in total. The number of nitrogens with zero attached hydrogens (tertiary/aromatic N) is 2. The van der Waals surface area contributed by atoms with E-state index in [0.29, 0.717) is 12.3 Å². The number of rotatable bonds is 3. The average Bonchev–Trinajstić information content (AvgIpc) is 3.20. The molecule has 3 aliphatic rings. The summed E-state index contributed by atoms with van der Waals surface area (Å²) in [6.07, 6.45) is 0.521. The van der Waals surface area contributed by atoms with Crippen molar-refractivity contribution < 1.29 is 24.2 Å². The molecule has 142 valence electrons. The van der Waals surface area contributed by atoms with Gasteiger partial charge in [0.25, 0.3) is 0 Å². The number of aliphatic hydroxyl groups excluding tert-OH is 1. The summed E-state index contributed by atoms with van der Waals surface area (Å²) >= 11 is 0. The Bertz CT molecular complexity index is 893. The minimum Gasteiger partial charge on any atom is -0.466 e. The molecule has 8 nitrogen and oxygen atoms in total. The Morgan fingerprint density at radius 2 is 2.00 bits per heavy atom. The van der Waals surface area contributed by atoms with Crippen molar-refractivity contribution in [3.05, 3.63) is 41.1 Å². The highest BCUT2D eigenvalue weighted by Gasteiger charge is 2.62. The molecule has 1 aromatic rings. The van der Waals surface area contributed by atoms with E-state index < -0.39 is 23.4 Å². The number of esters is 2. The van der Waals surface area contributed by atoms with Crippen molar-refractivity contribution in [2.75, 3.05) is 32.8 Å². The van der Waals surface area contributed by atoms with Crippen LogP contribution in [0.25, 0.3) is 0 Å². The molecular formula is C19H21N3O5. The molecule has 27 heavy (non-hydrogen) atoms. The molecule has 0 aliphatic carbocycles. The van der Waals surface area contributed by atoms with Gasteiger partial charge in [0.2, 0.25) is 0 Å². The predicted molar refractivity (Wildman–Crippen MR) is 97.4 cm³/mol. The van der Waals surface area contributed by atoms with E-state index in [-0.39, 0.29) is 23.9 Å². The Hall–Kier alpha value is -2.87. The minimum absolute atomic E-state index is 0.0296. The zero-order chi connectivity index (χ0) is 19.3. The first-order valence-electron chi connectivity index (χ1n) is 8.68. The molecule has 0 unspecified atom stereocenters. The normalized spacial score (nSPS) is 28.0. The molecule has 3 atom stereocenters. The summed E-state index contributed by atoms with van der Waals surface area (Å²) in [7, 11) is 4.42. The number of hydrogen-bond acceptors (Lipinski definition) is 8. The van der Waals surface area contributed by atoms with Crippen LogP contribution >= 0.6 is 0 Å². The average molecular weight is 371 g/mol. The van der Waals surface area contributed by atoms with Crippen molar-refractivity contribution in [1.82, 2.24) is 5.32 Å². The first kappa shape index (κ1) is 17.5. The Balaban J connectivity index is 2.01. The van der Waals surface area contributed by atoms with Gasteiger partial charge in [-0.3, -0.25) is 4.99 Å². The van der Waals surface area contributed by atoms with Gasteiger partial charge in [0.1, 0.15) is 11.5 Å². The smallest absolute Gasteiger partial charge is 0.355 e. The lowest BCUT2D eigenvalue weighted by Crippen LogP contribution is -2.59. The third-order valence-electron chi connectivity index (χ3n) is 5.70. The molecule has 0 aromatic heterocycles. The van der Waals surface area contributed by atoms with Gasteiger partial charge in [-0.05, 0) is 18.1 Å². The number of aliphatic imine (C=N–C) groups is 1. The van der Waals surface area contributed by atoms with Crippen LogP contribution in [-0.2, 0) is 24.5 Å². The number of methoxy groups -OCH3 is 2. The second kappa shape index (κ2) is 6.09. The van der Waals surface area contributed by atoms with Crippen LogP contribution in [0.2, 0.25) is 0 Å². The molecule has 0 fully saturated rings. The van der Waals surface area contributed by atoms with Gasteiger partial charge in [0, 0.05) is 12.7 Å². The number of carbonyl (C=O) groups is 2. The van der Waals surface area contributed by atoms with E-state index >= 15 is 0 Å². The standard InChI is InChI=1S/C19H21N3O5/c1-22-12-7-5-4-6-11(12)19-8-10(9-23)20-18(19)21-14(17(25)27-3)13(15(19)22)16(24)26-2/h4-7,10,15,23H,8-9H2,1-3H3,(H,20,21)/t10-,15-,19-/m0/s1. The van der Waals surface area contributed by atoms with E-state index in [2.05, 4.69) is 10.3 Å². The second-order valence-electron chi connectivity index (χ2n) is 6.92. The number of para-hydroxylation sites is 1. The quantitative estimate of drug-likeness (QED) is 0.728. The van der Waals surface area contributed by atoms with Crippen LogP contribution < -0.4 is 10.2 Å². The zero-order valence-electron chi connectivity index (χ0n) is 15.4. The summed E-state index contributed by atoms with van der Waals surface area (Å²) < 4.78 is 9.89. The SMILES string of the molecule is COC(=O)C1=C(C(=O)OC)[C@@H]2N(C)c3ccccc3[C@@]23C[C@@H](CO)N=C3N1. The van der Waals surface area contributed by atoms with Crippen molar-refractivity contribution >= 4 is 23.5 Å². The summed E-state index contributed by atoms with van der Waals surface area (Å²) in [4.78, 5) is 31.7. The van der Waals surface area contributed by atoms with Crippen molar-refractivity contribution in [3.63, 3.8) is 0 Å². The monoisotopic (exact) mass is 371 g/mol. The summed E-state index contributed by atoms with van der Waals surface area (Å²) in [6, 6.07) is 7.01. The van der Waals surface area contributed by atoms with E-state index in [1.54, 1.807) is 0 Å². The van der Waals surface area contributed by atoms with Gasteiger partial charge in [-0.2, -0.15) is 0 Å². The highest BCUT2D eigenvalue weighted by Crippen LogP contribution is 2.54. The molecule has 4 rings (SSSR count). The number of carbonyl (C=O) groups excluding carboxylic acids is 2. The zero-order valence-corrected chi connectivity index (χ0v) is 15.4. The second-order valence-corrected chi connectivity index (χ2v) is 6.92. The van der Waals surface area contributed by atoms with Gasteiger partial charge in [-0.1, -0.05) is 18.2 Å². The lowest BCUT2D eigenvalue weighted by molar-refractivity contribution is -0.140. The summed E-state index contributed by atoms with van der Waals surface area (Å²) in [5, 5.41) is 12.8. The number of benzene rings is 1. The summed E-state index contributed by atoms with van der Waals surface area (Å²) in [6.45, 7) is -0.118. The molecule has 3 aliphatic heterocycles. The van der Waals surface area contributed by atoms with Crippen LogP contribution in [-0.4, -0.2) is 62.8 Å². The van der Waals surface area contributed by atoms with Gasteiger partial charge in [-0.15, -0.1) is 0 Å². The maximum atomic E-state index is 12.7. The first-order chi connectivity index (χ1) is 13.0. The summed E-state index contributed by atoms with van der Waals surface area (Å²) in [5.74, 6) is -0.696. The van der Waals surface area contributed by atoms with Crippen molar-refractivity contribution in [3.8, 4) is 0 Å². The largest absolute Gasteiger partial charge is 0.466 e. The Morgan fingerprint density at radius 1 is 1.30 bits per heavy atom. The predicted octanol–water partition coefficient (Wildman–Crippen LogP) is 0.109. The van der Waals surface area contributed by atoms with Gasteiger partial charge < -0.3 is 24.8 Å². The lowest BCUT2D eigenvalue weighted by Gasteiger charge is -2.41. The van der Waals surface area contributed by atoms with Gasteiger partial charge in [0.05, 0.1) is 43.9 Å². The van der Waals surface area contributed by atoms with Crippen molar-refractivity contribution in [2.45, 2.75) is 23.9 Å². The van der Waals surface area contributed by atoms with E-state index in [0.717, 1.165) is 11.3 Å². The third kappa shape index (κ3) is 2.16. The van der Waals surface area contributed by atoms with Crippen LogP contribution in [0.5, 0.6) is 0 Å². The molecule has 8 heteroatoms. The number of likely N-dealkylation sites (N-methyl/N-ethyl adjacent to an activating group) is 1. The lowest BCUT2D eigenvalue weighted by atomic mass is 9.68. The number of anilines is 1. The van der Waals surface area contributed by atoms with Gasteiger partial charge in [-0.25, -0.2) is 9.59 Å². The van der Waals surface area contributed by atoms with Crippen LogP contribution in [0.3, 0.4) is 0 Å². The molecule has 0 saturated carbocycles. The highest BCUT2D eigenvalue weighted by atomic mass is 16.5. The van der Waals surface area contributed by atoms with Crippen LogP contribution in [0.4, 0.5) is 5.69 Å². The maximum absolute atomic E-state index is 12.7. The molecular weight excluding hydrogens is 350 g/mol. The van der Waals surface area contributed by atoms with Crippen molar-refractivity contribution in [1.29, 1.82) is 0 Å². The molecule has 1 aromatic carbocycles. The molecule has 1 spiro atoms. The molecule has 3 heterocycles. The Morgan fingerprint density at radius 3 is 2.67 bits per heavy atom. The molecule has 0 radical (unpaired) electrons. The summed E-state index contributed by atoms with van der Waals surface area (Å²) in [5.41, 5.74) is 1.52. The van der Waals surface area contributed by atoms with E-state index in [1.165, 1.54) is 14.2 Å². The van der Waals surface area contributed by atoms with E-state index in [1.807, 2.05) is 36.2 Å². The number of hydrogen-bond donors (Lipinski definition) is 2. The fourth-order valence-corrected chi connectivity index (χ4v) is 4.66. The Labute approximate surface area is 156 Å². The van der Waals surface area contributed by atoms with Crippen LogP contribution in [0.15, 0.2) is 40.5 Å².